The first-order valence-corrected chi connectivity index (χ1v) is 9.98. The molecule has 1 atom stereocenters. The minimum Gasteiger partial charge on any atom is -0.375 e. The second-order valence-electron chi connectivity index (χ2n) is 8.18. The van der Waals surface area contributed by atoms with E-state index in [0.717, 1.165) is 45.1 Å². The second-order valence-corrected chi connectivity index (χ2v) is 8.18. The van der Waals surface area contributed by atoms with Crippen LogP contribution in [0.4, 0.5) is 4.79 Å². The zero-order valence-corrected chi connectivity index (χ0v) is 15.1. The van der Waals surface area contributed by atoms with E-state index in [2.05, 4.69) is 34.9 Å². The Morgan fingerprint density at radius 2 is 1.68 bits per heavy atom. The van der Waals surface area contributed by atoms with Crippen molar-refractivity contribution >= 4 is 6.03 Å². The summed E-state index contributed by atoms with van der Waals surface area (Å²) in [6, 6.07) is 10.7. The van der Waals surface area contributed by atoms with Crippen molar-refractivity contribution in [1.29, 1.82) is 0 Å². The van der Waals surface area contributed by atoms with Crippen molar-refractivity contribution in [1.82, 2.24) is 10.6 Å². The molecule has 2 aliphatic carbocycles. The van der Waals surface area contributed by atoms with E-state index in [1.165, 1.54) is 31.2 Å². The third-order valence-electron chi connectivity index (χ3n) is 6.48. The molecule has 1 saturated heterocycles. The largest absolute Gasteiger partial charge is 0.375 e. The topological polar surface area (TPSA) is 50.4 Å². The fourth-order valence-electron chi connectivity index (χ4n) is 5.18. The molecule has 4 rings (SSSR count). The quantitative estimate of drug-likeness (QED) is 0.863. The molecule has 4 heteroatoms. The maximum atomic E-state index is 12.8. The molecule has 2 N–H and O–H groups in total. The number of carbonyl (C=O) groups is 1. The van der Waals surface area contributed by atoms with Crippen LogP contribution in [0.2, 0.25) is 0 Å². The van der Waals surface area contributed by atoms with Crippen LogP contribution in [-0.4, -0.2) is 24.3 Å². The predicted octanol–water partition coefficient (Wildman–Crippen LogP) is 4.25. The number of nitrogens with one attached hydrogen (secondary N) is 2. The fourth-order valence-corrected chi connectivity index (χ4v) is 5.18. The van der Waals surface area contributed by atoms with Crippen molar-refractivity contribution < 1.29 is 9.53 Å². The van der Waals surface area contributed by atoms with Gasteiger partial charge in [-0.1, -0.05) is 56.0 Å². The van der Waals surface area contributed by atoms with Gasteiger partial charge in [-0.25, -0.2) is 4.79 Å². The highest BCUT2D eigenvalue weighted by atomic mass is 16.5. The summed E-state index contributed by atoms with van der Waals surface area (Å²) >= 11 is 0. The number of hydrogen-bond donors (Lipinski definition) is 2. The van der Waals surface area contributed by atoms with Gasteiger partial charge in [0.1, 0.15) is 0 Å². The fraction of sp³-hybridized carbons (Fsp3) is 0.667. The number of benzene rings is 1. The van der Waals surface area contributed by atoms with Crippen LogP contribution in [0.5, 0.6) is 0 Å². The average molecular weight is 342 g/mol. The van der Waals surface area contributed by atoms with Crippen LogP contribution in [0.3, 0.4) is 0 Å². The predicted molar refractivity (Wildman–Crippen MR) is 98.4 cm³/mol. The monoisotopic (exact) mass is 342 g/mol. The molecular weight excluding hydrogens is 312 g/mol. The van der Waals surface area contributed by atoms with E-state index in [9.17, 15) is 4.79 Å². The molecule has 136 valence electrons. The minimum atomic E-state index is -0.193. The molecule has 2 amide bonds. The van der Waals surface area contributed by atoms with Crippen LogP contribution in [0, 0.1) is 0 Å². The first kappa shape index (κ1) is 16.9. The van der Waals surface area contributed by atoms with Gasteiger partial charge in [0, 0.05) is 12.6 Å². The van der Waals surface area contributed by atoms with Crippen molar-refractivity contribution in [3.63, 3.8) is 0 Å². The number of hydrogen-bond acceptors (Lipinski definition) is 2. The van der Waals surface area contributed by atoms with Gasteiger partial charge in [0.25, 0.3) is 0 Å². The Morgan fingerprint density at radius 1 is 1.00 bits per heavy atom. The highest BCUT2D eigenvalue weighted by molar-refractivity contribution is 5.75. The molecule has 1 heterocycles. The van der Waals surface area contributed by atoms with Crippen molar-refractivity contribution in [3.8, 4) is 0 Å². The van der Waals surface area contributed by atoms with Crippen LogP contribution in [-0.2, 0) is 10.3 Å². The van der Waals surface area contributed by atoms with Crippen molar-refractivity contribution in [2.24, 2.45) is 0 Å². The van der Waals surface area contributed by atoms with Crippen LogP contribution < -0.4 is 10.6 Å². The number of carbonyl (C=O) groups excluding carboxylic acids is 1. The zero-order valence-electron chi connectivity index (χ0n) is 15.1. The number of urea groups is 1. The molecule has 0 radical (unpaired) electrons. The number of amides is 2. The van der Waals surface area contributed by atoms with Gasteiger partial charge in [-0.05, 0) is 44.1 Å². The van der Waals surface area contributed by atoms with E-state index < -0.39 is 0 Å². The van der Waals surface area contributed by atoms with Gasteiger partial charge >= 0.3 is 6.03 Å². The molecular formula is C21H30N2O2. The molecule has 1 aromatic rings. The molecule has 2 saturated carbocycles. The van der Waals surface area contributed by atoms with Crippen LogP contribution >= 0.6 is 0 Å². The Labute approximate surface area is 150 Å². The van der Waals surface area contributed by atoms with Crippen molar-refractivity contribution in [3.05, 3.63) is 35.9 Å². The molecule has 25 heavy (non-hydrogen) atoms. The van der Waals surface area contributed by atoms with Gasteiger partial charge in [0.15, 0.2) is 0 Å². The summed E-state index contributed by atoms with van der Waals surface area (Å²) in [5.41, 5.74) is 1.09. The van der Waals surface area contributed by atoms with Crippen molar-refractivity contribution in [2.45, 2.75) is 81.4 Å². The Hall–Kier alpha value is -1.55. The zero-order chi connectivity index (χ0) is 17.2. The molecule has 1 aromatic carbocycles. The van der Waals surface area contributed by atoms with Gasteiger partial charge < -0.3 is 15.4 Å². The normalized spacial score (nSPS) is 27.3. The lowest BCUT2D eigenvalue weighted by atomic mass is 9.88. The van der Waals surface area contributed by atoms with Gasteiger partial charge in [-0.15, -0.1) is 0 Å². The molecule has 1 aliphatic heterocycles. The Morgan fingerprint density at radius 3 is 2.40 bits per heavy atom. The van der Waals surface area contributed by atoms with Crippen LogP contribution in [0.15, 0.2) is 30.3 Å². The third-order valence-corrected chi connectivity index (χ3v) is 6.48. The maximum Gasteiger partial charge on any atom is 0.315 e. The summed E-state index contributed by atoms with van der Waals surface area (Å²) < 4.78 is 6.09. The highest BCUT2D eigenvalue weighted by Crippen LogP contribution is 2.41. The van der Waals surface area contributed by atoms with Crippen LogP contribution in [0.1, 0.15) is 69.8 Å². The smallest absolute Gasteiger partial charge is 0.315 e. The lowest BCUT2D eigenvalue weighted by molar-refractivity contribution is -0.0820. The summed E-state index contributed by atoms with van der Waals surface area (Å²) in [7, 11) is 0. The van der Waals surface area contributed by atoms with Crippen molar-refractivity contribution in [2.75, 3.05) is 6.61 Å². The summed E-state index contributed by atoms with van der Waals surface area (Å²) in [4.78, 5) is 12.8. The van der Waals surface area contributed by atoms with E-state index in [4.69, 9.17) is 4.74 Å². The Bertz CT molecular complexity index is 589. The standard InChI is InChI=1S/C21H30N2O2/c24-19(22-18-10-15-25-20(16-18)11-4-5-12-20)23-21(13-6-7-14-21)17-8-2-1-3-9-17/h1-3,8-9,18H,4-7,10-16H2,(H2,22,23,24). The minimum absolute atomic E-state index is 0.00852. The molecule has 4 nitrogen and oxygen atoms in total. The maximum absolute atomic E-state index is 12.8. The highest BCUT2D eigenvalue weighted by Gasteiger charge is 2.41. The lowest BCUT2D eigenvalue weighted by Gasteiger charge is -2.39. The van der Waals surface area contributed by atoms with E-state index in [1.54, 1.807) is 0 Å². The van der Waals surface area contributed by atoms with Gasteiger partial charge in [0.05, 0.1) is 11.1 Å². The van der Waals surface area contributed by atoms with Crippen LogP contribution in [0.25, 0.3) is 0 Å². The molecule has 1 spiro atoms. The van der Waals surface area contributed by atoms with Gasteiger partial charge in [-0.2, -0.15) is 0 Å². The number of rotatable bonds is 3. The molecule has 0 aromatic heterocycles. The molecule has 3 fully saturated rings. The summed E-state index contributed by atoms with van der Waals surface area (Å²) in [5.74, 6) is 0. The Balaban J connectivity index is 1.40. The third kappa shape index (κ3) is 3.55. The molecule has 3 aliphatic rings. The SMILES string of the molecule is O=C(NC1CCOC2(CCCC2)C1)NC1(c2ccccc2)CCCC1. The van der Waals surface area contributed by atoms with Gasteiger partial charge in [0.2, 0.25) is 0 Å². The first-order valence-electron chi connectivity index (χ1n) is 9.98. The summed E-state index contributed by atoms with van der Waals surface area (Å²) in [5, 5.41) is 6.61. The van der Waals surface area contributed by atoms with Gasteiger partial charge in [-0.3, -0.25) is 0 Å². The number of ether oxygens (including phenoxy) is 1. The molecule has 0 bridgehead atoms. The summed E-state index contributed by atoms with van der Waals surface area (Å²) in [6.07, 6.45) is 11.1. The summed E-state index contributed by atoms with van der Waals surface area (Å²) in [6.45, 7) is 0.773. The lowest BCUT2D eigenvalue weighted by Crippen LogP contribution is -2.54. The van der Waals surface area contributed by atoms with E-state index >= 15 is 0 Å². The van der Waals surface area contributed by atoms with E-state index in [1.807, 2.05) is 6.07 Å². The second kappa shape index (κ2) is 6.99. The Kier molecular flexibility index (Phi) is 4.72. The average Bonchev–Trinajstić information content (AvgIpc) is 3.26. The van der Waals surface area contributed by atoms with E-state index in [-0.39, 0.29) is 23.2 Å². The molecule has 1 unspecified atom stereocenters. The van der Waals surface area contributed by atoms with E-state index in [0.29, 0.717) is 0 Å². The first-order chi connectivity index (χ1) is 12.2.